The second kappa shape index (κ2) is 4.22. The van der Waals surface area contributed by atoms with Gasteiger partial charge in [-0.05, 0) is 12.1 Å². The van der Waals surface area contributed by atoms with E-state index in [1.165, 1.54) is 24.7 Å². The average Bonchev–Trinajstić information content (AvgIpc) is 2.26. The maximum Gasteiger partial charge on any atom is 0.253 e. The summed E-state index contributed by atoms with van der Waals surface area (Å²) >= 11 is 0. The second-order valence-corrected chi connectivity index (χ2v) is 3.25. The topological polar surface area (TPSA) is 34.9 Å². The van der Waals surface area contributed by atoms with Crippen LogP contribution in [-0.4, -0.2) is 9.55 Å². The Morgan fingerprint density at radius 1 is 1.19 bits per heavy atom. The standard InChI is InChI=1S/C11H8F2N2O/c12-9-2-1-3-10(13)8(9)6-15-7-14-5-4-11(15)16/h1-5,7H,6H2. The Hall–Kier alpha value is -2.04. The minimum absolute atomic E-state index is 0.141. The van der Waals surface area contributed by atoms with E-state index in [9.17, 15) is 13.6 Å². The first-order valence-electron chi connectivity index (χ1n) is 4.62. The van der Waals surface area contributed by atoms with Crippen molar-refractivity contribution < 1.29 is 8.78 Å². The largest absolute Gasteiger partial charge is 0.295 e. The van der Waals surface area contributed by atoms with E-state index < -0.39 is 11.6 Å². The molecule has 0 saturated carbocycles. The number of hydrogen-bond acceptors (Lipinski definition) is 2. The molecule has 0 aliphatic rings. The summed E-state index contributed by atoms with van der Waals surface area (Å²) in [6.07, 6.45) is 2.57. The molecule has 2 aromatic rings. The van der Waals surface area contributed by atoms with Crippen LogP contribution < -0.4 is 5.56 Å². The highest BCUT2D eigenvalue weighted by atomic mass is 19.1. The lowest BCUT2D eigenvalue weighted by molar-refractivity contribution is 0.540. The Balaban J connectivity index is 2.42. The summed E-state index contributed by atoms with van der Waals surface area (Å²) in [4.78, 5) is 15.0. The lowest BCUT2D eigenvalue weighted by atomic mass is 10.2. The molecule has 0 bridgehead atoms. The van der Waals surface area contributed by atoms with Gasteiger partial charge in [-0.3, -0.25) is 9.36 Å². The molecule has 0 N–H and O–H groups in total. The van der Waals surface area contributed by atoms with Crippen LogP contribution in [0.15, 0.2) is 41.6 Å². The Bertz CT molecular complexity index is 546. The van der Waals surface area contributed by atoms with Gasteiger partial charge >= 0.3 is 0 Å². The lowest BCUT2D eigenvalue weighted by Crippen LogP contribution is -2.20. The zero-order valence-electron chi connectivity index (χ0n) is 8.23. The normalized spacial score (nSPS) is 10.4. The van der Waals surface area contributed by atoms with E-state index in [1.54, 1.807) is 0 Å². The molecule has 16 heavy (non-hydrogen) atoms. The number of rotatable bonds is 2. The van der Waals surface area contributed by atoms with Crippen LogP contribution in [0.2, 0.25) is 0 Å². The molecule has 1 heterocycles. The minimum Gasteiger partial charge on any atom is -0.295 e. The summed E-state index contributed by atoms with van der Waals surface area (Å²) in [6.45, 7) is -0.162. The van der Waals surface area contributed by atoms with E-state index in [1.807, 2.05) is 0 Å². The predicted molar refractivity (Wildman–Crippen MR) is 54.0 cm³/mol. The molecule has 82 valence electrons. The number of benzene rings is 1. The van der Waals surface area contributed by atoms with Crippen molar-refractivity contribution in [1.82, 2.24) is 9.55 Å². The van der Waals surface area contributed by atoms with E-state index in [4.69, 9.17) is 0 Å². The molecule has 3 nitrogen and oxygen atoms in total. The van der Waals surface area contributed by atoms with Crippen molar-refractivity contribution in [2.45, 2.75) is 6.54 Å². The summed E-state index contributed by atoms with van der Waals surface area (Å²) in [5.74, 6) is -1.34. The van der Waals surface area contributed by atoms with Crippen molar-refractivity contribution in [3.05, 3.63) is 64.3 Å². The summed E-state index contributed by atoms with van der Waals surface area (Å²) < 4.78 is 27.7. The van der Waals surface area contributed by atoms with Gasteiger partial charge in [-0.25, -0.2) is 13.8 Å². The van der Waals surface area contributed by atoms with E-state index in [0.717, 1.165) is 16.7 Å². The van der Waals surface area contributed by atoms with Gasteiger partial charge in [0.15, 0.2) is 0 Å². The predicted octanol–water partition coefficient (Wildman–Crippen LogP) is 1.57. The van der Waals surface area contributed by atoms with Crippen molar-refractivity contribution in [2.75, 3.05) is 0 Å². The first-order valence-corrected chi connectivity index (χ1v) is 4.62. The molecule has 0 saturated heterocycles. The second-order valence-electron chi connectivity index (χ2n) is 3.25. The van der Waals surface area contributed by atoms with E-state index in [0.29, 0.717) is 0 Å². The molecular weight excluding hydrogens is 214 g/mol. The molecule has 0 unspecified atom stereocenters. The van der Waals surface area contributed by atoms with Gasteiger partial charge in [0, 0.05) is 17.8 Å². The van der Waals surface area contributed by atoms with Crippen LogP contribution in [0.25, 0.3) is 0 Å². The first-order chi connectivity index (χ1) is 7.68. The molecule has 5 heteroatoms. The highest BCUT2D eigenvalue weighted by Crippen LogP contribution is 2.12. The zero-order valence-corrected chi connectivity index (χ0v) is 8.23. The Labute approximate surface area is 90.0 Å². The molecule has 1 aromatic carbocycles. The van der Waals surface area contributed by atoms with E-state index in [-0.39, 0.29) is 17.7 Å². The summed E-state index contributed by atoms with van der Waals surface area (Å²) in [5, 5.41) is 0. The molecule has 0 aliphatic heterocycles. The quantitative estimate of drug-likeness (QED) is 0.773. The maximum atomic E-state index is 13.3. The third-order valence-electron chi connectivity index (χ3n) is 2.18. The first kappa shape index (κ1) is 10.5. The molecule has 0 atom stereocenters. The fourth-order valence-corrected chi connectivity index (χ4v) is 1.35. The van der Waals surface area contributed by atoms with Gasteiger partial charge in [-0.1, -0.05) is 6.07 Å². The average molecular weight is 222 g/mol. The van der Waals surface area contributed by atoms with Crippen LogP contribution in [0.3, 0.4) is 0 Å². The third kappa shape index (κ3) is 1.98. The molecule has 0 fully saturated rings. The minimum atomic E-state index is -0.671. The van der Waals surface area contributed by atoms with E-state index in [2.05, 4.69) is 4.98 Å². The van der Waals surface area contributed by atoms with Gasteiger partial charge in [0.2, 0.25) is 0 Å². The van der Waals surface area contributed by atoms with Crippen LogP contribution in [-0.2, 0) is 6.54 Å². The van der Waals surface area contributed by atoms with Crippen molar-refractivity contribution in [2.24, 2.45) is 0 Å². The van der Waals surface area contributed by atoms with Gasteiger partial charge in [0.05, 0.1) is 12.9 Å². The third-order valence-corrected chi connectivity index (χ3v) is 2.18. The van der Waals surface area contributed by atoms with Crippen molar-refractivity contribution in [3.8, 4) is 0 Å². The van der Waals surface area contributed by atoms with Gasteiger partial charge < -0.3 is 0 Å². The fourth-order valence-electron chi connectivity index (χ4n) is 1.35. The van der Waals surface area contributed by atoms with Gasteiger partial charge in [0.1, 0.15) is 11.6 Å². The molecule has 2 rings (SSSR count). The highest BCUT2D eigenvalue weighted by molar-refractivity contribution is 5.19. The van der Waals surface area contributed by atoms with Gasteiger partial charge in [0.25, 0.3) is 5.56 Å². The maximum absolute atomic E-state index is 13.3. The van der Waals surface area contributed by atoms with Crippen molar-refractivity contribution in [3.63, 3.8) is 0 Å². The van der Waals surface area contributed by atoms with Crippen LogP contribution in [0.4, 0.5) is 8.78 Å². The Morgan fingerprint density at radius 2 is 1.88 bits per heavy atom. The number of halogens is 2. The van der Waals surface area contributed by atoms with Crippen LogP contribution >= 0.6 is 0 Å². The summed E-state index contributed by atoms with van der Waals surface area (Å²) in [5.41, 5.74) is -0.491. The van der Waals surface area contributed by atoms with Crippen LogP contribution in [0, 0.1) is 11.6 Å². The van der Waals surface area contributed by atoms with Crippen molar-refractivity contribution >= 4 is 0 Å². The summed E-state index contributed by atoms with van der Waals surface area (Å²) in [7, 11) is 0. The van der Waals surface area contributed by atoms with Gasteiger partial charge in [-0.15, -0.1) is 0 Å². The SMILES string of the molecule is O=c1ccncn1Cc1c(F)cccc1F. The molecule has 0 aliphatic carbocycles. The molecule has 0 amide bonds. The Morgan fingerprint density at radius 3 is 2.50 bits per heavy atom. The fraction of sp³-hybridized carbons (Fsp3) is 0.0909. The van der Waals surface area contributed by atoms with Crippen LogP contribution in [0.5, 0.6) is 0 Å². The van der Waals surface area contributed by atoms with Gasteiger partial charge in [-0.2, -0.15) is 0 Å². The monoisotopic (exact) mass is 222 g/mol. The number of hydrogen-bond donors (Lipinski definition) is 0. The lowest BCUT2D eigenvalue weighted by Gasteiger charge is -2.06. The Kier molecular flexibility index (Phi) is 2.76. The molecule has 1 aromatic heterocycles. The smallest absolute Gasteiger partial charge is 0.253 e. The molecule has 0 radical (unpaired) electrons. The van der Waals surface area contributed by atoms with Crippen LogP contribution in [0.1, 0.15) is 5.56 Å². The molecule has 0 spiro atoms. The summed E-state index contributed by atoms with van der Waals surface area (Å²) in [6, 6.07) is 4.82. The molecular formula is C11H8F2N2O. The van der Waals surface area contributed by atoms with Crippen molar-refractivity contribution in [1.29, 1.82) is 0 Å². The van der Waals surface area contributed by atoms with E-state index >= 15 is 0 Å². The highest BCUT2D eigenvalue weighted by Gasteiger charge is 2.09. The number of aromatic nitrogens is 2. The zero-order chi connectivity index (χ0) is 11.5. The number of nitrogens with zero attached hydrogens (tertiary/aromatic N) is 2.